The van der Waals surface area contributed by atoms with E-state index >= 15 is 0 Å². The van der Waals surface area contributed by atoms with Gasteiger partial charge in [0, 0.05) is 13.2 Å². The second kappa shape index (κ2) is 27.2. The summed E-state index contributed by atoms with van der Waals surface area (Å²) in [5.74, 6) is -0.750. The fourth-order valence-electron chi connectivity index (χ4n) is 0.572. The van der Waals surface area contributed by atoms with Gasteiger partial charge in [-0.15, -0.1) is 11.5 Å². The van der Waals surface area contributed by atoms with E-state index < -0.39 is 0 Å². The van der Waals surface area contributed by atoms with E-state index in [9.17, 15) is 19.8 Å². The van der Waals surface area contributed by atoms with Crippen LogP contribution in [0.5, 0.6) is 0 Å². The van der Waals surface area contributed by atoms with Crippen molar-refractivity contribution in [1.29, 1.82) is 0 Å². The minimum Gasteiger partial charge on any atom is -0.876 e. The van der Waals surface area contributed by atoms with Crippen molar-refractivity contribution in [2.24, 2.45) is 0 Å². The van der Waals surface area contributed by atoms with E-state index in [2.05, 4.69) is 0 Å². The molecule has 0 fully saturated rings. The molecule has 2 N–H and O–H groups in total. The van der Waals surface area contributed by atoms with Gasteiger partial charge in [0.2, 0.25) is 0 Å². The zero-order valence-corrected chi connectivity index (χ0v) is 14.6. The molecule has 0 unspecified atom stereocenters. The number of aliphatic hydroxyl groups is 2. The Labute approximate surface area is 137 Å². The number of carbonyl (C=O) groups is 2. The van der Waals surface area contributed by atoms with Gasteiger partial charge in [0.05, 0.1) is 0 Å². The largest absolute Gasteiger partial charge is 2.00 e. The molecule has 0 heterocycles. The average Bonchev–Trinajstić information content (AvgIpc) is 2.15. The van der Waals surface area contributed by atoms with Gasteiger partial charge in [-0.2, -0.15) is 0 Å². The molecule has 21 heavy (non-hydrogen) atoms. The van der Waals surface area contributed by atoms with Crippen LogP contribution in [0.3, 0.4) is 0 Å². The first-order valence-electron chi connectivity index (χ1n) is 6.02. The summed E-state index contributed by atoms with van der Waals surface area (Å²) in [5, 5.41) is 35.1. The Morgan fingerprint density at radius 3 is 0.952 bits per heavy atom. The Balaban J connectivity index is -0.0000000576. The average molecular weight is 346 g/mol. The molecule has 0 aromatic rings. The van der Waals surface area contributed by atoms with Crippen LogP contribution in [0.15, 0.2) is 23.7 Å². The molecule has 0 aliphatic carbocycles. The van der Waals surface area contributed by atoms with Gasteiger partial charge in [-0.25, -0.2) is 0 Å². The van der Waals surface area contributed by atoms with Gasteiger partial charge in [-0.3, -0.25) is 9.59 Å². The quantitative estimate of drug-likeness (QED) is 0.401. The number of hydrogen-bond donors (Lipinski definition) is 2. The molecule has 0 bridgehead atoms. The monoisotopic (exact) mass is 346 g/mol. The molecule has 6 nitrogen and oxygen atoms in total. The van der Waals surface area contributed by atoms with E-state index in [-0.39, 0.29) is 53.4 Å². The molecule has 0 atom stereocenters. The molecular formula is C14H26FeO6. The third-order valence-electron chi connectivity index (χ3n) is 0.813. The number of allylic oxidation sites excluding steroid dienone is 4. The topological polar surface area (TPSA) is 121 Å². The second-order valence-corrected chi connectivity index (χ2v) is 3.36. The van der Waals surface area contributed by atoms with Crippen molar-refractivity contribution >= 4 is 11.6 Å². The summed E-state index contributed by atoms with van der Waals surface area (Å²) in [5.41, 5.74) is 0. The van der Waals surface area contributed by atoms with Crippen LogP contribution in [0.25, 0.3) is 0 Å². The van der Waals surface area contributed by atoms with Crippen LogP contribution in [0.4, 0.5) is 0 Å². The molecule has 0 saturated carbocycles. The Kier molecular flexibility index (Phi) is 41.5. The van der Waals surface area contributed by atoms with Gasteiger partial charge in [-0.05, 0) is 39.8 Å². The SMILES string of the molecule is CC(=O)/C=C(/C)[O-].CC(=O)/C=C(/C)[O-].CCO.CCO.[Fe+2]. The zero-order valence-electron chi connectivity index (χ0n) is 13.4. The second-order valence-electron chi connectivity index (χ2n) is 3.36. The minimum atomic E-state index is -0.187. The van der Waals surface area contributed by atoms with Gasteiger partial charge in [0.15, 0.2) is 11.6 Å². The Bertz CT molecular complexity index is 260. The summed E-state index contributed by atoms with van der Waals surface area (Å²) in [7, 11) is 0. The van der Waals surface area contributed by atoms with Crippen LogP contribution in [0, 0.1) is 0 Å². The van der Waals surface area contributed by atoms with Crippen LogP contribution in [0.1, 0.15) is 41.5 Å². The maximum atomic E-state index is 9.98. The molecule has 0 radical (unpaired) electrons. The van der Waals surface area contributed by atoms with E-state index in [0.717, 1.165) is 12.2 Å². The normalized spacial score (nSPS) is 9.33. The summed E-state index contributed by atoms with van der Waals surface area (Å²) < 4.78 is 0. The van der Waals surface area contributed by atoms with Crippen molar-refractivity contribution in [3.63, 3.8) is 0 Å². The molecule has 0 aromatic carbocycles. The van der Waals surface area contributed by atoms with Gasteiger partial charge < -0.3 is 20.4 Å². The third-order valence-corrected chi connectivity index (χ3v) is 0.813. The smallest absolute Gasteiger partial charge is 0.876 e. The molecular weight excluding hydrogens is 320 g/mol. The standard InChI is InChI=1S/2C5H8O2.2C2H6O.Fe/c2*1-4(6)3-5(2)7;2*1-2-3;/h2*3,6H,1-2H3;2*3H,2H2,1H3;/q;;;;+2/p-2/b2*4-3-;;;. The zero-order chi connectivity index (χ0) is 17.1. The van der Waals surface area contributed by atoms with E-state index in [1.54, 1.807) is 13.8 Å². The first-order valence-corrected chi connectivity index (χ1v) is 6.02. The van der Waals surface area contributed by atoms with Gasteiger partial charge >= 0.3 is 17.1 Å². The van der Waals surface area contributed by atoms with Crippen LogP contribution >= 0.6 is 0 Å². The van der Waals surface area contributed by atoms with Crippen LogP contribution in [-0.4, -0.2) is 35.0 Å². The molecule has 0 aliphatic heterocycles. The molecule has 0 aliphatic rings. The number of ketones is 2. The van der Waals surface area contributed by atoms with Crippen molar-refractivity contribution in [2.75, 3.05) is 13.2 Å². The molecule has 0 aromatic heterocycles. The number of aliphatic hydroxyl groups excluding tert-OH is 2. The van der Waals surface area contributed by atoms with Crippen LogP contribution in [0.2, 0.25) is 0 Å². The van der Waals surface area contributed by atoms with E-state index in [1.165, 1.54) is 27.7 Å². The van der Waals surface area contributed by atoms with Crippen molar-refractivity contribution in [1.82, 2.24) is 0 Å². The molecule has 0 saturated heterocycles. The predicted octanol–water partition coefficient (Wildman–Crippen LogP) is -0.326. The number of rotatable bonds is 2. The third kappa shape index (κ3) is 114. The number of hydrogen-bond acceptors (Lipinski definition) is 6. The number of carbonyl (C=O) groups excluding carboxylic acids is 2. The fraction of sp³-hybridized carbons (Fsp3) is 0.571. The van der Waals surface area contributed by atoms with Gasteiger partial charge in [0.25, 0.3) is 0 Å². The van der Waals surface area contributed by atoms with E-state index in [4.69, 9.17) is 10.2 Å². The first kappa shape index (κ1) is 32.0. The van der Waals surface area contributed by atoms with Crippen molar-refractivity contribution in [3.8, 4) is 0 Å². The minimum absolute atomic E-state index is 0. The summed E-state index contributed by atoms with van der Waals surface area (Å²) in [4.78, 5) is 20.0. The molecule has 0 amide bonds. The Hall–Kier alpha value is -1.14. The maximum absolute atomic E-state index is 9.98. The maximum Gasteiger partial charge on any atom is 2.00 e. The van der Waals surface area contributed by atoms with Crippen LogP contribution < -0.4 is 10.2 Å². The summed E-state index contributed by atoms with van der Waals surface area (Å²) in [6, 6.07) is 0. The Morgan fingerprint density at radius 1 is 0.810 bits per heavy atom. The summed E-state index contributed by atoms with van der Waals surface area (Å²) in [6.45, 7) is 9.26. The molecule has 7 heteroatoms. The van der Waals surface area contributed by atoms with Crippen LogP contribution in [-0.2, 0) is 26.7 Å². The van der Waals surface area contributed by atoms with E-state index in [1.807, 2.05) is 0 Å². The van der Waals surface area contributed by atoms with Crippen molar-refractivity contribution in [3.05, 3.63) is 23.7 Å². The first-order chi connectivity index (χ1) is 9.08. The summed E-state index contributed by atoms with van der Waals surface area (Å²) >= 11 is 0. The molecule has 126 valence electrons. The van der Waals surface area contributed by atoms with Gasteiger partial charge in [-0.1, -0.05) is 13.8 Å². The predicted molar refractivity (Wildman–Crippen MR) is 74.4 cm³/mol. The molecule has 0 spiro atoms. The fourth-order valence-corrected chi connectivity index (χ4v) is 0.572. The van der Waals surface area contributed by atoms with Gasteiger partial charge in [0.1, 0.15) is 0 Å². The molecule has 0 rings (SSSR count). The summed E-state index contributed by atoms with van der Waals surface area (Å²) in [6.07, 6.45) is 2.11. The van der Waals surface area contributed by atoms with Crippen molar-refractivity contribution < 1.29 is 47.1 Å². The van der Waals surface area contributed by atoms with Crippen molar-refractivity contribution in [2.45, 2.75) is 41.5 Å². The van der Waals surface area contributed by atoms with E-state index in [0.29, 0.717) is 0 Å². The Morgan fingerprint density at radius 2 is 0.952 bits per heavy atom.